The quantitative estimate of drug-likeness (QED) is 0.412. The summed E-state index contributed by atoms with van der Waals surface area (Å²) in [6.07, 6.45) is 4.01. The van der Waals surface area contributed by atoms with E-state index < -0.39 is 12.0 Å². The third-order valence-electron chi connectivity index (χ3n) is 5.28. The van der Waals surface area contributed by atoms with Gasteiger partial charge in [0.05, 0.1) is 11.6 Å². The van der Waals surface area contributed by atoms with Gasteiger partial charge < -0.3 is 23.8 Å². The molecule has 0 saturated heterocycles. The van der Waals surface area contributed by atoms with Gasteiger partial charge in [0.25, 0.3) is 5.91 Å². The fourth-order valence-corrected chi connectivity index (χ4v) is 3.70. The Balaban J connectivity index is 1.45. The average Bonchev–Trinajstić information content (AvgIpc) is 3.46. The Hall–Kier alpha value is -3.29. The number of nitrogens with zero attached hydrogens (tertiary/aromatic N) is 1. The van der Waals surface area contributed by atoms with Crippen LogP contribution < -0.4 is 10.7 Å². The molecule has 8 heteroatoms. The van der Waals surface area contributed by atoms with Gasteiger partial charge in [-0.2, -0.15) is 0 Å². The molecule has 0 spiro atoms. The maximum atomic E-state index is 12.9. The van der Waals surface area contributed by atoms with E-state index in [1.165, 1.54) is 12.5 Å². The summed E-state index contributed by atoms with van der Waals surface area (Å²) in [5.41, 5.74) is 0.959. The molecule has 0 saturated carbocycles. The van der Waals surface area contributed by atoms with Gasteiger partial charge in [-0.15, -0.1) is 0 Å². The molecular weight excluding hydrogens is 432 g/mol. The van der Waals surface area contributed by atoms with Crippen LogP contribution in [0.15, 0.2) is 68.6 Å². The van der Waals surface area contributed by atoms with Crippen molar-refractivity contribution >= 4 is 28.6 Å². The van der Waals surface area contributed by atoms with Crippen LogP contribution in [0.2, 0.25) is 5.02 Å². The summed E-state index contributed by atoms with van der Waals surface area (Å²) in [7, 11) is 1.73. The number of furan rings is 2. The number of rotatable bonds is 8. The summed E-state index contributed by atoms with van der Waals surface area (Å²) in [5, 5.41) is 13.9. The zero-order chi connectivity index (χ0) is 22.7. The van der Waals surface area contributed by atoms with Crippen LogP contribution in [0, 0.1) is 0 Å². The maximum Gasteiger partial charge on any atom is 0.257 e. The van der Waals surface area contributed by atoms with Crippen molar-refractivity contribution in [3.63, 3.8) is 0 Å². The van der Waals surface area contributed by atoms with Crippen LogP contribution in [0.1, 0.15) is 46.4 Å². The molecule has 4 aromatic rings. The van der Waals surface area contributed by atoms with Crippen LogP contribution in [0.3, 0.4) is 0 Å². The lowest BCUT2D eigenvalue weighted by atomic mass is 10.1. The van der Waals surface area contributed by atoms with Crippen molar-refractivity contribution in [2.24, 2.45) is 7.05 Å². The molecule has 166 valence electrons. The molecule has 0 fully saturated rings. The van der Waals surface area contributed by atoms with Crippen LogP contribution >= 0.6 is 11.6 Å². The molecule has 1 amide bonds. The number of fused-ring (bicyclic) bond motifs is 1. The normalized spacial score (nSPS) is 12.2. The minimum absolute atomic E-state index is 0.0505. The largest absolute Gasteiger partial charge is 0.467 e. The molecule has 3 heterocycles. The molecule has 0 aliphatic carbocycles. The zero-order valence-electron chi connectivity index (χ0n) is 17.5. The lowest BCUT2D eigenvalue weighted by Crippen LogP contribution is -2.29. The summed E-state index contributed by atoms with van der Waals surface area (Å²) in [4.78, 5) is 25.6. The van der Waals surface area contributed by atoms with E-state index in [0.29, 0.717) is 46.9 Å². The number of benzene rings is 1. The molecule has 1 atom stereocenters. The van der Waals surface area contributed by atoms with Crippen molar-refractivity contribution in [1.29, 1.82) is 0 Å². The molecule has 0 bridgehead atoms. The number of aromatic nitrogens is 1. The van der Waals surface area contributed by atoms with Crippen LogP contribution in [0.5, 0.6) is 0 Å². The number of hydrogen-bond donors (Lipinski definition) is 2. The first-order valence-corrected chi connectivity index (χ1v) is 10.7. The van der Waals surface area contributed by atoms with Gasteiger partial charge >= 0.3 is 0 Å². The lowest BCUT2D eigenvalue weighted by Gasteiger charge is -2.07. The summed E-state index contributed by atoms with van der Waals surface area (Å²) >= 11 is 5.88. The highest BCUT2D eigenvalue weighted by molar-refractivity contribution is 6.30. The molecule has 4 rings (SSSR count). The van der Waals surface area contributed by atoms with Gasteiger partial charge in [-0.3, -0.25) is 9.59 Å². The number of aryl methyl sites for hydroxylation is 2. The molecule has 1 aromatic carbocycles. The second-order valence-electron chi connectivity index (χ2n) is 7.65. The standard InChI is InChI=1S/C24H23ClN2O5/c1-27-14-19(23(30)26-13-15-7-9-16(25)10-8-15)22(29)18-12-17(32-24(18)27)4-2-5-20(28)21-6-3-11-31-21/h3,6-12,14,20,28H,2,4-5,13H2,1H3,(H,26,30). The number of nitrogens with one attached hydrogen (secondary N) is 1. The van der Waals surface area contributed by atoms with Gasteiger partial charge in [0.1, 0.15) is 23.2 Å². The first-order valence-electron chi connectivity index (χ1n) is 10.3. The molecule has 3 aromatic heterocycles. The van der Waals surface area contributed by atoms with Crippen LogP contribution in [-0.4, -0.2) is 15.6 Å². The van der Waals surface area contributed by atoms with Crippen molar-refractivity contribution in [1.82, 2.24) is 9.88 Å². The molecule has 2 N–H and O–H groups in total. The van der Waals surface area contributed by atoms with E-state index >= 15 is 0 Å². The van der Waals surface area contributed by atoms with Crippen LogP contribution in [-0.2, 0) is 20.0 Å². The van der Waals surface area contributed by atoms with E-state index in [-0.39, 0.29) is 17.5 Å². The second kappa shape index (κ2) is 9.46. The average molecular weight is 455 g/mol. The molecule has 7 nitrogen and oxygen atoms in total. The van der Waals surface area contributed by atoms with E-state index in [0.717, 1.165) is 5.56 Å². The first-order chi connectivity index (χ1) is 15.4. The Kier molecular flexibility index (Phi) is 6.48. The number of aliphatic hydroxyl groups excluding tert-OH is 1. The lowest BCUT2D eigenvalue weighted by molar-refractivity contribution is 0.0949. The van der Waals surface area contributed by atoms with E-state index in [4.69, 9.17) is 20.4 Å². The summed E-state index contributed by atoms with van der Waals surface area (Å²) in [5.74, 6) is 0.696. The first kappa shape index (κ1) is 21.9. The molecule has 1 unspecified atom stereocenters. The smallest absolute Gasteiger partial charge is 0.257 e. The Bertz CT molecular complexity index is 1270. The number of carbonyl (C=O) groups is 1. The number of halogens is 1. The third kappa shape index (κ3) is 4.79. The van der Waals surface area contributed by atoms with Crippen LogP contribution in [0.4, 0.5) is 0 Å². The number of amides is 1. The highest BCUT2D eigenvalue weighted by Gasteiger charge is 2.18. The van der Waals surface area contributed by atoms with E-state index in [9.17, 15) is 14.7 Å². The predicted molar refractivity (Wildman–Crippen MR) is 121 cm³/mol. The Morgan fingerprint density at radius 3 is 2.75 bits per heavy atom. The van der Waals surface area contributed by atoms with Gasteiger partial charge in [0.2, 0.25) is 11.1 Å². The fraction of sp³-hybridized carbons (Fsp3) is 0.250. The van der Waals surface area contributed by atoms with Crippen LogP contribution in [0.25, 0.3) is 11.1 Å². The minimum atomic E-state index is -0.684. The van der Waals surface area contributed by atoms with E-state index in [1.807, 2.05) is 12.1 Å². The molecular formula is C24H23ClN2O5. The highest BCUT2D eigenvalue weighted by atomic mass is 35.5. The number of carbonyl (C=O) groups excluding carboxylic acids is 1. The summed E-state index contributed by atoms with van der Waals surface area (Å²) in [6.45, 7) is 0.284. The highest BCUT2D eigenvalue weighted by Crippen LogP contribution is 2.22. The number of hydrogen-bond acceptors (Lipinski definition) is 5. The Labute approximate surface area is 189 Å². The molecule has 32 heavy (non-hydrogen) atoms. The monoisotopic (exact) mass is 454 g/mol. The van der Waals surface area contributed by atoms with E-state index in [1.54, 1.807) is 41.9 Å². The van der Waals surface area contributed by atoms with Crippen molar-refractivity contribution in [2.75, 3.05) is 0 Å². The van der Waals surface area contributed by atoms with E-state index in [2.05, 4.69) is 5.32 Å². The minimum Gasteiger partial charge on any atom is -0.467 e. The van der Waals surface area contributed by atoms with Gasteiger partial charge in [-0.1, -0.05) is 23.7 Å². The van der Waals surface area contributed by atoms with Gasteiger partial charge in [-0.05, 0) is 48.7 Å². The van der Waals surface area contributed by atoms with Crippen molar-refractivity contribution < 1.29 is 18.7 Å². The van der Waals surface area contributed by atoms with Crippen molar-refractivity contribution in [3.8, 4) is 0 Å². The molecule has 0 aliphatic heterocycles. The van der Waals surface area contributed by atoms with Gasteiger partial charge in [-0.25, -0.2) is 0 Å². The molecule has 0 radical (unpaired) electrons. The third-order valence-corrected chi connectivity index (χ3v) is 5.53. The second-order valence-corrected chi connectivity index (χ2v) is 8.08. The van der Waals surface area contributed by atoms with Gasteiger partial charge in [0, 0.05) is 31.2 Å². The number of aliphatic hydroxyl groups is 1. The fourth-order valence-electron chi connectivity index (χ4n) is 3.57. The Morgan fingerprint density at radius 1 is 1.25 bits per heavy atom. The SMILES string of the molecule is Cn1cc(C(=O)NCc2ccc(Cl)cc2)c(=O)c2cc(CCCC(O)c3ccco3)oc21. The van der Waals surface area contributed by atoms with Crippen molar-refractivity contribution in [3.05, 3.63) is 92.8 Å². The maximum absolute atomic E-state index is 12.9. The zero-order valence-corrected chi connectivity index (χ0v) is 18.3. The summed E-state index contributed by atoms with van der Waals surface area (Å²) in [6, 6.07) is 12.3. The molecule has 0 aliphatic rings. The Morgan fingerprint density at radius 2 is 2.03 bits per heavy atom. The van der Waals surface area contributed by atoms with Gasteiger partial charge in [0.15, 0.2) is 0 Å². The topological polar surface area (TPSA) is 97.6 Å². The number of pyridine rings is 1. The summed E-state index contributed by atoms with van der Waals surface area (Å²) < 4.78 is 12.7. The van der Waals surface area contributed by atoms with Crippen molar-refractivity contribution in [2.45, 2.75) is 31.9 Å². The predicted octanol–water partition coefficient (Wildman–Crippen LogP) is 4.36.